The van der Waals surface area contributed by atoms with Crippen molar-refractivity contribution in [3.8, 4) is 17.2 Å². The van der Waals surface area contributed by atoms with Gasteiger partial charge in [-0.2, -0.15) is 10.2 Å². The molecular weight excluding hydrogens is 723 g/mol. The average molecular weight is 757 g/mol. The summed E-state index contributed by atoms with van der Waals surface area (Å²) in [6, 6.07) is 13.5. The highest BCUT2D eigenvalue weighted by Crippen LogP contribution is 2.54. The molecule has 2 aromatic carbocycles. The maximum absolute atomic E-state index is 16.0. The summed E-state index contributed by atoms with van der Waals surface area (Å²) in [5, 5.41) is 13.5. The molecule has 1 fully saturated rings. The van der Waals surface area contributed by atoms with Crippen molar-refractivity contribution < 1.29 is 18.1 Å². The van der Waals surface area contributed by atoms with Gasteiger partial charge in [0.15, 0.2) is 11.6 Å². The van der Waals surface area contributed by atoms with E-state index in [4.69, 9.17) is 9.62 Å². The number of carbonyl (C=O) groups excluding carboxylic acids is 1. The van der Waals surface area contributed by atoms with Crippen molar-refractivity contribution in [1.82, 2.24) is 48.1 Å². The van der Waals surface area contributed by atoms with E-state index in [9.17, 15) is 18.8 Å². The van der Waals surface area contributed by atoms with Crippen LogP contribution >= 0.6 is 0 Å². The van der Waals surface area contributed by atoms with E-state index in [1.54, 1.807) is 59.6 Å². The number of nitrogens with zero attached hydrogens (tertiary/aromatic N) is 9. The smallest absolute Gasteiger partial charge is 0.331 e. The Balaban J connectivity index is 1.13. The molecule has 1 N–H and O–H groups in total. The van der Waals surface area contributed by atoms with Crippen molar-refractivity contribution >= 4 is 22.3 Å². The molecule has 6 aromatic heterocycles. The summed E-state index contributed by atoms with van der Waals surface area (Å²) in [7, 11) is 1.71. The Hall–Kier alpha value is -6.84. The second kappa shape index (κ2) is 11.8. The number of pyridine rings is 1. The summed E-state index contributed by atoms with van der Waals surface area (Å²) < 4.78 is 43.6. The summed E-state index contributed by atoms with van der Waals surface area (Å²) in [5.41, 5.74) is 3.90. The molecule has 1 amide bonds. The topological polar surface area (TPSA) is 146 Å². The third-order valence-electron chi connectivity index (χ3n) is 11.5. The first kappa shape index (κ1) is 33.7. The van der Waals surface area contributed by atoms with Gasteiger partial charge in [0.25, 0.3) is 5.91 Å². The summed E-state index contributed by atoms with van der Waals surface area (Å²) in [6.45, 7) is 5.54. The van der Waals surface area contributed by atoms with Gasteiger partial charge < -0.3 is 9.30 Å². The Labute approximate surface area is 315 Å². The van der Waals surface area contributed by atoms with Crippen LogP contribution in [-0.4, -0.2) is 60.6 Å². The van der Waals surface area contributed by atoms with Crippen molar-refractivity contribution in [2.45, 2.75) is 51.5 Å². The van der Waals surface area contributed by atoms with Gasteiger partial charge in [-0.25, -0.2) is 23.1 Å². The first-order chi connectivity index (χ1) is 27.0. The number of hydrogen-bond donors (Lipinski definition) is 1. The number of hydrogen-bond acceptors (Lipinski definition) is 7. The molecule has 7 heterocycles. The lowest BCUT2D eigenvalue weighted by Crippen LogP contribution is -2.40. The Morgan fingerprint density at radius 1 is 0.982 bits per heavy atom. The van der Waals surface area contributed by atoms with Crippen LogP contribution in [-0.2, 0) is 18.9 Å². The highest BCUT2D eigenvalue weighted by Gasteiger charge is 2.54. The largest absolute Gasteiger partial charge is 0.438 e. The second-order valence-electron chi connectivity index (χ2n) is 14.8. The summed E-state index contributed by atoms with van der Waals surface area (Å²) in [4.78, 5) is 46.0. The van der Waals surface area contributed by atoms with E-state index in [2.05, 4.69) is 15.2 Å². The Morgan fingerprint density at radius 2 is 1.75 bits per heavy atom. The van der Waals surface area contributed by atoms with Crippen LogP contribution in [0, 0.1) is 25.5 Å². The number of aryl methyl sites for hydroxylation is 3. The van der Waals surface area contributed by atoms with Crippen LogP contribution in [0.25, 0.3) is 33.6 Å². The third kappa shape index (κ3) is 4.70. The molecule has 0 saturated heterocycles. The van der Waals surface area contributed by atoms with Crippen LogP contribution in [0.4, 0.5) is 8.78 Å². The van der Waals surface area contributed by atoms with Gasteiger partial charge in [-0.15, -0.1) is 0 Å². The first-order valence-corrected chi connectivity index (χ1v) is 18.2. The molecule has 1 aliphatic carbocycles. The van der Waals surface area contributed by atoms with Gasteiger partial charge in [-0.05, 0) is 87.2 Å². The molecule has 1 aliphatic heterocycles. The summed E-state index contributed by atoms with van der Waals surface area (Å²) >= 11 is 0. The fourth-order valence-electron chi connectivity index (χ4n) is 8.56. The lowest BCUT2D eigenvalue weighted by atomic mass is 9.94. The van der Waals surface area contributed by atoms with E-state index in [1.807, 2.05) is 41.8 Å². The molecule has 0 bridgehead atoms. The highest BCUT2D eigenvalue weighted by atomic mass is 19.1. The van der Waals surface area contributed by atoms with Gasteiger partial charge in [0.2, 0.25) is 0 Å². The molecule has 16 heteroatoms. The Kier molecular flexibility index (Phi) is 7.12. The predicted octanol–water partition coefficient (Wildman–Crippen LogP) is 5.36. The van der Waals surface area contributed by atoms with E-state index < -0.39 is 28.7 Å². The number of aromatic nitrogens is 9. The van der Waals surface area contributed by atoms with Crippen LogP contribution in [0.3, 0.4) is 0 Å². The van der Waals surface area contributed by atoms with Gasteiger partial charge in [0, 0.05) is 55.4 Å². The summed E-state index contributed by atoms with van der Waals surface area (Å²) in [6.07, 6.45) is 8.01. The van der Waals surface area contributed by atoms with Crippen molar-refractivity contribution in [3.05, 3.63) is 145 Å². The Bertz CT molecular complexity index is 3040. The fraction of sp³-hybridized carbons (Fsp3) is 0.250. The first-order valence-electron chi connectivity index (χ1n) is 18.2. The molecule has 0 radical (unpaired) electrons. The maximum atomic E-state index is 16.0. The molecule has 10 rings (SSSR count). The molecule has 0 spiro atoms. The van der Waals surface area contributed by atoms with Crippen molar-refractivity contribution in [2.75, 3.05) is 6.54 Å². The average Bonchev–Trinajstić information content (AvgIpc) is 3.65. The number of fused-ring (bicyclic) bond motifs is 3. The van der Waals surface area contributed by atoms with Crippen LogP contribution in [0.5, 0.6) is 0 Å². The van der Waals surface area contributed by atoms with E-state index in [-0.39, 0.29) is 22.8 Å². The van der Waals surface area contributed by atoms with Crippen molar-refractivity contribution in [3.63, 3.8) is 0 Å². The fourth-order valence-corrected chi connectivity index (χ4v) is 8.56. The number of aromatic amines is 1. The second-order valence-corrected chi connectivity index (χ2v) is 14.8. The number of carbonyl (C=O) groups is 1. The van der Waals surface area contributed by atoms with E-state index in [1.165, 1.54) is 27.6 Å². The monoisotopic (exact) mass is 756 g/mol. The van der Waals surface area contributed by atoms with Crippen LogP contribution in [0.2, 0.25) is 0 Å². The molecular formula is C40H34F2N10O4. The Morgan fingerprint density at radius 3 is 2.48 bits per heavy atom. The van der Waals surface area contributed by atoms with Gasteiger partial charge in [0.05, 0.1) is 51.2 Å². The van der Waals surface area contributed by atoms with Gasteiger partial charge in [0.1, 0.15) is 11.6 Å². The lowest BCUT2D eigenvalue weighted by molar-refractivity contribution is 0.0675. The third-order valence-corrected chi connectivity index (χ3v) is 11.5. The number of nitrogens with one attached hydrogen (secondary N) is 1. The molecule has 282 valence electrons. The summed E-state index contributed by atoms with van der Waals surface area (Å²) in [5.74, 6) is -1.14. The molecule has 2 aliphatic rings. The lowest BCUT2D eigenvalue weighted by Gasteiger charge is -2.34. The zero-order chi connectivity index (χ0) is 38.8. The molecule has 1 atom stereocenters. The minimum absolute atomic E-state index is 0.0447. The van der Waals surface area contributed by atoms with E-state index in [0.29, 0.717) is 82.3 Å². The number of rotatable bonds is 6. The number of imidazole rings is 1. The zero-order valence-electron chi connectivity index (χ0n) is 30.7. The molecule has 56 heavy (non-hydrogen) atoms. The molecule has 1 saturated carbocycles. The number of H-pyrrole nitrogens is 1. The van der Waals surface area contributed by atoms with E-state index >= 15 is 4.39 Å². The van der Waals surface area contributed by atoms with Crippen molar-refractivity contribution in [2.24, 2.45) is 7.05 Å². The molecule has 8 aromatic rings. The highest BCUT2D eigenvalue weighted by molar-refractivity contribution is 5.98. The SMILES string of the molecule is Cc1cc(-n2nc3c(c2-n2ccn(-c4ccc5c(cnn5C)c4F)c2=O)[C@H](C)N(C(=O)c2cc4ccccn4c2C2(c4noc(=O)[nH]4)CC2)CC3)cc(C)c1F. The predicted molar refractivity (Wildman–Crippen MR) is 200 cm³/mol. The van der Waals surface area contributed by atoms with Gasteiger partial charge in [-0.3, -0.25) is 28.1 Å². The minimum atomic E-state index is -0.728. The number of amides is 1. The van der Waals surface area contributed by atoms with Crippen molar-refractivity contribution in [1.29, 1.82) is 0 Å². The van der Waals surface area contributed by atoms with E-state index in [0.717, 1.165) is 5.52 Å². The standard InChI is InChI=1S/C40H34F2N10O4/c1-21-17-25(18-22(2)32(21)41)52-35(51-16-15-50(39(51)55)30-9-8-29-27(33(30)42)20-43-47(29)4)31-23(3)48(14-10-28(31)45-52)36(53)26-19-24-7-5-6-13-49(24)34(26)40(11-12-40)37-44-38(54)56-46-37/h5-9,13,15-20,23H,10-12,14H2,1-4H3,(H,44,46,54)/t23-/m0/s1. The number of halogens is 2. The quantitative estimate of drug-likeness (QED) is 0.240. The zero-order valence-corrected chi connectivity index (χ0v) is 30.7. The van der Waals surface area contributed by atoms with Crippen LogP contribution in [0.1, 0.15) is 70.1 Å². The normalized spacial score (nSPS) is 16.2. The van der Waals surface area contributed by atoms with Gasteiger partial charge in [-0.1, -0.05) is 11.2 Å². The number of benzene rings is 2. The van der Waals surface area contributed by atoms with Gasteiger partial charge >= 0.3 is 11.4 Å². The maximum Gasteiger partial charge on any atom is 0.438 e. The van der Waals surface area contributed by atoms with Crippen LogP contribution in [0.15, 0.2) is 87.4 Å². The minimum Gasteiger partial charge on any atom is -0.331 e. The molecule has 0 unspecified atom stereocenters. The molecule has 14 nitrogen and oxygen atoms in total. The van der Waals surface area contributed by atoms with Crippen LogP contribution < -0.4 is 11.4 Å².